The van der Waals surface area contributed by atoms with Crippen molar-refractivity contribution in [3.63, 3.8) is 0 Å². The summed E-state index contributed by atoms with van der Waals surface area (Å²) in [5.41, 5.74) is 2.43. The minimum atomic E-state index is 0.0810. The van der Waals surface area contributed by atoms with E-state index in [4.69, 9.17) is 9.26 Å². The van der Waals surface area contributed by atoms with Gasteiger partial charge in [-0.25, -0.2) is 4.98 Å². The van der Waals surface area contributed by atoms with E-state index in [2.05, 4.69) is 20.0 Å². The van der Waals surface area contributed by atoms with Gasteiger partial charge in [0.2, 0.25) is 0 Å². The average Bonchev–Trinajstić information content (AvgIpc) is 3.22. The van der Waals surface area contributed by atoms with Crippen LogP contribution in [0.15, 0.2) is 16.9 Å². The quantitative estimate of drug-likeness (QED) is 0.913. The lowest BCUT2D eigenvalue weighted by molar-refractivity contribution is -0.0344. The molecule has 0 radical (unpaired) electrons. The van der Waals surface area contributed by atoms with Crippen LogP contribution >= 0.6 is 0 Å². The van der Waals surface area contributed by atoms with Gasteiger partial charge >= 0.3 is 0 Å². The molecule has 0 saturated carbocycles. The predicted octanol–water partition coefficient (Wildman–Crippen LogP) is 2.54. The largest absolute Gasteiger partial charge is 0.370 e. The summed E-state index contributed by atoms with van der Waals surface area (Å²) in [5, 5.41) is 7.86. The summed E-state index contributed by atoms with van der Waals surface area (Å²) in [6.45, 7) is 2.52. The van der Waals surface area contributed by atoms with Crippen LogP contribution in [0.3, 0.4) is 0 Å². The number of aryl methyl sites for hydroxylation is 2. The van der Waals surface area contributed by atoms with Gasteiger partial charge in [-0.2, -0.15) is 0 Å². The van der Waals surface area contributed by atoms with Crippen molar-refractivity contribution in [1.82, 2.24) is 20.0 Å². The highest BCUT2D eigenvalue weighted by molar-refractivity contribution is 5.25. The standard InChI is InChI=1S/C18H26N4O2/c1-22-9-8-20-18(22)17-13(5-4-10-23-17)11-19-12-15-14-6-2-3-7-16(14)24-21-15/h8-9,13,17,19H,2-7,10-12H2,1H3/t13-,17+/m0/s1. The second-order valence-corrected chi connectivity index (χ2v) is 6.96. The summed E-state index contributed by atoms with van der Waals surface area (Å²) in [6, 6.07) is 0. The highest BCUT2D eigenvalue weighted by Crippen LogP contribution is 2.32. The van der Waals surface area contributed by atoms with Crippen LogP contribution in [0.5, 0.6) is 0 Å². The van der Waals surface area contributed by atoms with E-state index in [1.54, 1.807) is 0 Å². The highest BCUT2D eigenvalue weighted by Gasteiger charge is 2.30. The van der Waals surface area contributed by atoms with Crippen molar-refractivity contribution in [2.24, 2.45) is 13.0 Å². The van der Waals surface area contributed by atoms with Gasteiger partial charge in [0.15, 0.2) is 0 Å². The Morgan fingerprint density at radius 1 is 1.29 bits per heavy atom. The summed E-state index contributed by atoms with van der Waals surface area (Å²) in [6.07, 6.45) is 10.8. The molecule has 6 heteroatoms. The van der Waals surface area contributed by atoms with Crippen molar-refractivity contribution in [3.05, 3.63) is 35.2 Å². The van der Waals surface area contributed by atoms with Crippen LogP contribution in [0.2, 0.25) is 0 Å². The molecule has 0 aromatic carbocycles. The number of hydrogen-bond donors (Lipinski definition) is 1. The molecule has 1 aliphatic carbocycles. The first-order valence-corrected chi connectivity index (χ1v) is 9.09. The molecule has 2 atom stereocenters. The normalized spacial score (nSPS) is 24.0. The fourth-order valence-corrected chi connectivity index (χ4v) is 3.95. The number of imidazole rings is 1. The zero-order chi connectivity index (χ0) is 16.4. The summed E-state index contributed by atoms with van der Waals surface area (Å²) < 4.78 is 13.6. The third kappa shape index (κ3) is 3.13. The Balaban J connectivity index is 1.37. The summed E-state index contributed by atoms with van der Waals surface area (Å²) in [5.74, 6) is 2.58. The average molecular weight is 330 g/mol. The number of nitrogens with zero attached hydrogens (tertiary/aromatic N) is 3. The van der Waals surface area contributed by atoms with Gasteiger partial charge in [-0.15, -0.1) is 0 Å². The Hall–Kier alpha value is -1.66. The molecule has 6 nitrogen and oxygen atoms in total. The smallest absolute Gasteiger partial charge is 0.140 e. The van der Waals surface area contributed by atoms with Crippen LogP contribution in [0.1, 0.15) is 54.6 Å². The molecule has 3 heterocycles. The molecule has 1 aliphatic heterocycles. The lowest BCUT2D eigenvalue weighted by Crippen LogP contribution is -2.33. The minimum Gasteiger partial charge on any atom is -0.370 e. The first-order valence-electron chi connectivity index (χ1n) is 9.09. The molecule has 0 unspecified atom stereocenters. The molecule has 0 amide bonds. The minimum absolute atomic E-state index is 0.0810. The van der Waals surface area contributed by atoms with E-state index < -0.39 is 0 Å². The number of nitrogens with one attached hydrogen (secondary N) is 1. The van der Waals surface area contributed by atoms with Gasteiger partial charge in [-0.3, -0.25) is 0 Å². The Labute approximate surface area is 142 Å². The zero-order valence-corrected chi connectivity index (χ0v) is 14.3. The van der Waals surface area contributed by atoms with Crippen LogP contribution in [-0.2, 0) is 31.2 Å². The highest BCUT2D eigenvalue weighted by atomic mass is 16.5. The monoisotopic (exact) mass is 330 g/mol. The molecular weight excluding hydrogens is 304 g/mol. The lowest BCUT2D eigenvalue weighted by Gasteiger charge is -2.31. The lowest BCUT2D eigenvalue weighted by atomic mass is 9.93. The van der Waals surface area contributed by atoms with E-state index in [1.807, 2.05) is 19.4 Å². The number of hydrogen-bond acceptors (Lipinski definition) is 5. The molecule has 24 heavy (non-hydrogen) atoms. The maximum atomic E-state index is 6.04. The van der Waals surface area contributed by atoms with E-state index in [9.17, 15) is 0 Å². The van der Waals surface area contributed by atoms with Crippen LogP contribution in [0.25, 0.3) is 0 Å². The van der Waals surface area contributed by atoms with Crippen LogP contribution < -0.4 is 5.32 Å². The summed E-state index contributed by atoms with van der Waals surface area (Å²) in [4.78, 5) is 4.49. The van der Waals surface area contributed by atoms with Gasteiger partial charge in [0, 0.05) is 57.0 Å². The van der Waals surface area contributed by atoms with Crippen molar-refractivity contribution >= 4 is 0 Å². The van der Waals surface area contributed by atoms with Gasteiger partial charge in [-0.05, 0) is 32.1 Å². The second-order valence-electron chi connectivity index (χ2n) is 6.96. The van der Waals surface area contributed by atoms with Crippen molar-refractivity contribution in [2.75, 3.05) is 13.2 Å². The molecule has 1 saturated heterocycles. The first kappa shape index (κ1) is 15.8. The van der Waals surface area contributed by atoms with Crippen LogP contribution in [-0.4, -0.2) is 27.9 Å². The van der Waals surface area contributed by atoms with E-state index >= 15 is 0 Å². The molecular formula is C18H26N4O2. The van der Waals surface area contributed by atoms with Crippen molar-refractivity contribution in [3.8, 4) is 0 Å². The SMILES string of the molecule is Cn1ccnc1[C@@H]1OCCC[C@H]1CNCc1noc2c1CCCC2. The molecule has 2 aliphatic rings. The second kappa shape index (κ2) is 7.07. The van der Waals surface area contributed by atoms with E-state index in [1.165, 1.54) is 24.8 Å². The third-order valence-electron chi connectivity index (χ3n) is 5.29. The van der Waals surface area contributed by atoms with E-state index in [-0.39, 0.29) is 6.10 Å². The fourth-order valence-electron chi connectivity index (χ4n) is 3.95. The molecule has 2 aromatic rings. The summed E-state index contributed by atoms with van der Waals surface area (Å²) >= 11 is 0. The number of fused-ring (bicyclic) bond motifs is 1. The van der Waals surface area contributed by atoms with Crippen molar-refractivity contribution in [2.45, 2.75) is 51.2 Å². The molecule has 0 spiro atoms. The molecule has 4 rings (SSSR count). The Morgan fingerprint density at radius 2 is 2.21 bits per heavy atom. The van der Waals surface area contributed by atoms with Crippen molar-refractivity contribution in [1.29, 1.82) is 0 Å². The maximum Gasteiger partial charge on any atom is 0.140 e. The molecule has 1 N–H and O–H groups in total. The first-order chi connectivity index (χ1) is 11.8. The summed E-state index contributed by atoms with van der Waals surface area (Å²) in [7, 11) is 2.03. The van der Waals surface area contributed by atoms with Crippen LogP contribution in [0, 0.1) is 5.92 Å². The fraction of sp³-hybridized carbons (Fsp3) is 0.667. The van der Waals surface area contributed by atoms with Crippen LogP contribution in [0.4, 0.5) is 0 Å². The number of aromatic nitrogens is 3. The van der Waals surface area contributed by atoms with Gasteiger partial charge in [0.25, 0.3) is 0 Å². The van der Waals surface area contributed by atoms with E-state index in [0.717, 1.165) is 56.2 Å². The van der Waals surface area contributed by atoms with Gasteiger partial charge < -0.3 is 19.1 Å². The van der Waals surface area contributed by atoms with Gasteiger partial charge in [0.1, 0.15) is 23.4 Å². The molecule has 2 aromatic heterocycles. The topological polar surface area (TPSA) is 65.1 Å². The molecule has 1 fully saturated rings. The number of rotatable bonds is 5. The zero-order valence-electron chi connectivity index (χ0n) is 14.3. The Bertz CT molecular complexity index is 678. The number of ether oxygens (including phenoxy) is 1. The van der Waals surface area contributed by atoms with Crippen molar-refractivity contribution < 1.29 is 9.26 Å². The van der Waals surface area contributed by atoms with Gasteiger partial charge in [-0.1, -0.05) is 5.16 Å². The van der Waals surface area contributed by atoms with Gasteiger partial charge in [0.05, 0.1) is 0 Å². The molecule has 130 valence electrons. The Morgan fingerprint density at radius 3 is 3.08 bits per heavy atom. The van der Waals surface area contributed by atoms with E-state index in [0.29, 0.717) is 5.92 Å². The Kier molecular flexibility index (Phi) is 4.67. The predicted molar refractivity (Wildman–Crippen MR) is 89.5 cm³/mol. The third-order valence-corrected chi connectivity index (χ3v) is 5.29. The maximum absolute atomic E-state index is 6.04. The molecule has 0 bridgehead atoms.